The van der Waals surface area contributed by atoms with Gasteiger partial charge in [-0.1, -0.05) is 76.6 Å². The first kappa shape index (κ1) is 22.0. The summed E-state index contributed by atoms with van der Waals surface area (Å²) in [6, 6.07) is 28.1. The zero-order valence-electron chi connectivity index (χ0n) is 19.7. The molecule has 0 saturated heterocycles. The van der Waals surface area contributed by atoms with Crippen LogP contribution in [0.25, 0.3) is 22.5 Å². The second kappa shape index (κ2) is 9.48. The summed E-state index contributed by atoms with van der Waals surface area (Å²) in [5.74, 6) is 0. The number of rotatable bonds is 7. The van der Waals surface area contributed by atoms with Gasteiger partial charge in [-0.3, -0.25) is 4.98 Å². The highest BCUT2D eigenvalue weighted by molar-refractivity contribution is 5.66. The molecule has 0 aliphatic heterocycles. The van der Waals surface area contributed by atoms with E-state index in [0.717, 1.165) is 36.3 Å². The molecule has 0 spiro atoms. The highest BCUT2D eigenvalue weighted by Crippen LogP contribution is 2.37. The maximum absolute atomic E-state index is 5.20. The molecular formula is C30H33N2+. The number of benzene rings is 2. The zero-order chi connectivity index (χ0) is 22.6. The Bertz CT molecular complexity index is 1190. The van der Waals surface area contributed by atoms with Gasteiger partial charge in [0.2, 0.25) is 5.69 Å². The van der Waals surface area contributed by atoms with Crippen LogP contribution in [0.1, 0.15) is 56.5 Å². The summed E-state index contributed by atoms with van der Waals surface area (Å²) in [4.78, 5) is 8.61. The van der Waals surface area contributed by atoms with Crippen molar-refractivity contribution in [3.8, 4) is 22.5 Å². The Kier molecular flexibility index (Phi) is 6.50. The topological polar surface area (TPSA) is 27.0 Å². The molecule has 0 aliphatic rings. The van der Waals surface area contributed by atoms with Crippen LogP contribution in [0.15, 0.2) is 85.1 Å². The predicted molar refractivity (Wildman–Crippen MR) is 134 cm³/mol. The first-order valence-corrected chi connectivity index (χ1v) is 11.7. The van der Waals surface area contributed by atoms with E-state index in [1.165, 1.54) is 27.8 Å². The van der Waals surface area contributed by atoms with Crippen molar-refractivity contribution in [3.63, 3.8) is 0 Å². The van der Waals surface area contributed by atoms with Gasteiger partial charge in [0.15, 0.2) is 6.20 Å². The smallest absolute Gasteiger partial charge is 0.211 e. The summed E-state index contributed by atoms with van der Waals surface area (Å²) in [6.07, 6.45) is 5.16. The number of nitrogens with zero attached hydrogens (tertiary/aromatic N) is 1. The van der Waals surface area contributed by atoms with Crippen molar-refractivity contribution >= 4 is 0 Å². The quantitative estimate of drug-likeness (QED) is 0.313. The Morgan fingerprint density at radius 3 is 2.28 bits per heavy atom. The predicted octanol–water partition coefficient (Wildman–Crippen LogP) is 7.07. The fourth-order valence-electron chi connectivity index (χ4n) is 4.69. The molecular weight excluding hydrogens is 388 g/mol. The van der Waals surface area contributed by atoms with Crippen LogP contribution in [-0.2, 0) is 18.3 Å². The fraction of sp³-hybridized carbons (Fsp3) is 0.267. The van der Waals surface area contributed by atoms with E-state index in [2.05, 4.69) is 105 Å². The van der Waals surface area contributed by atoms with Gasteiger partial charge >= 0.3 is 0 Å². The second-order valence-electron chi connectivity index (χ2n) is 8.90. The van der Waals surface area contributed by atoms with Crippen molar-refractivity contribution in [2.75, 3.05) is 0 Å². The number of hydrogen-bond acceptors (Lipinski definition) is 1. The van der Waals surface area contributed by atoms with E-state index in [1.807, 2.05) is 12.3 Å². The van der Waals surface area contributed by atoms with E-state index < -0.39 is 0 Å². The van der Waals surface area contributed by atoms with Crippen molar-refractivity contribution in [3.05, 3.63) is 107 Å². The summed E-state index contributed by atoms with van der Waals surface area (Å²) in [6.45, 7) is 9.06. The SMILES string of the molecule is CCCc1ccccc1-c1cccc(C(C)(C)c2cccc(-c3cccc[nH+]3)c2CC)n1. The van der Waals surface area contributed by atoms with Crippen molar-refractivity contribution in [2.24, 2.45) is 0 Å². The van der Waals surface area contributed by atoms with E-state index in [4.69, 9.17) is 4.98 Å². The molecule has 1 N–H and O–H groups in total. The minimum absolute atomic E-state index is 0.216. The molecule has 0 amide bonds. The molecule has 0 radical (unpaired) electrons. The Balaban J connectivity index is 1.81. The fourth-order valence-corrected chi connectivity index (χ4v) is 4.69. The lowest BCUT2D eigenvalue weighted by Crippen LogP contribution is -2.23. The molecule has 0 atom stereocenters. The van der Waals surface area contributed by atoms with E-state index in [1.54, 1.807) is 0 Å². The summed E-state index contributed by atoms with van der Waals surface area (Å²) in [5.41, 5.74) is 9.69. The van der Waals surface area contributed by atoms with E-state index >= 15 is 0 Å². The van der Waals surface area contributed by atoms with Gasteiger partial charge in [0.05, 0.1) is 11.4 Å². The Morgan fingerprint density at radius 1 is 0.781 bits per heavy atom. The first-order valence-electron chi connectivity index (χ1n) is 11.7. The largest absolute Gasteiger partial charge is 0.252 e. The molecule has 0 aliphatic carbocycles. The number of aryl methyl sites for hydroxylation is 1. The second-order valence-corrected chi connectivity index (χ2v) is 8.90. The van der Waals surface area contributed by atoms with Gasteiger partial charge < -0.3 is 0 Å². The van der Waals surface area contributed by atoms with Gasteiger partial charge in [-0.05, 0) is 53.8 Å². The molecule has 0 fully saturated rings. The van der Waals surface area contributed by atoms with Gasteiger partial charge in [0.1, 0.15) is 0 Å². The van der Waals surface area contributed by atoms with Gasteiger partial charge in [0.25, 0.3) is 0 Å². The molecule has 0 saturated carbocycles. The standard InChI is InChI=1S/C30H32N2/c1-5-13-22-14-7-8-15-24(22)28-19-12-20-29(32-28)30(3,4)26-17-11-16-25(23(26)6-2)27-18-9-10-21-31-27/h7-12,14-21H,5-6,13H2,1-4H3/p+1. The van der Waals surface area contributed by atoms with Crippen molar-refractivity contribution in [1.82, 2.24) is 4.98 Å². The van der Waals surface area contributed by atoms with E-state index in [-0.39, 0.29) is 5.41 Å². The maximum atomic E-state index is 5.20. The summed E-state index contributed by atoms with van der Waals surface area (Å²) in [5, 5.41) is 0. The molecule has 2 nitrogen and oxygen atoms in total. The van der Waals surface area contributed by atoms with Crippen LogP contribution in [0.3, 0.4) is 0 Å². The van der Waals surface area contributed by atoms with Gasteiger partial charge in [-0.15, -0.1) is 0 Å². The number of aromatic amines is 1. The molecule has 4 rings (SSSR count). The Hall–Kier alpha value is -3.26. The van der Waals surface area contributed by atoms with Crippen LogP contribution < -0.4 is 4.98 Å². The molecule has 32 heavy (non-hydrogen) atoms. The number of nitrogens with one attached hydrogen (secondary N) is 1. The van der Waals surface area contributed by atoms with Crippen LogP contribution in [0.5, 0.6) is 0 Å². The van der Waals surface area contributed by atoms with Gasteiger partial charge in [0, 0.05) is 28.7 Å². The van der Waals surface area contributed by atoms with Crippen molar-refractivity contribution in [1.29, 1.82) is 0 Å². The van der Waals surface area contributed by atoms with Crippen LogP contribution in [0.2, 0.25) is 0 Å². The molecule has 2 aromatic carbocycles. The molecule has 0 bridgehead atoms. The number of pyridine rings is 2. The lowest BCUT2D eigenvalue weighted by Gasteiger charge is -2.28. The molecule has 2 aromatic heterocycles. The Labute approximate surface area is 192 Å². The molecule has 2 heterocycles. The number of aromatic nitrogens is 2. The van der Waals surface area contributed by atoms with E-state index in [9.17, 15) is 0 Å². The number of hydrogen-bond donors (Lipinski definition) is 0. The lowest BCUT2D eigenvalue weighted by atomic mass is 9.76. The first-order chi connectivity index (χ1) is 15.6. The van der Waals surface area contributed by atoms with Gasteiger partial charge in [-0.25, -0.2) is 4.98 Å². The molecule has 162 valence electrons. The third-order valence-electron chi connectivity index (χ3n) is 6.40. The third kappa shape index (κ3) is 4.23. The number of H-pyrrole nitrogens is 1. The van der Waals surface area contributed by atoms with Crippen LogP contribution in [0.4, 0.5) is 0 Å². The lowest BCUT2D eigenvalue weighted by molar-refractivity contribution is -0.364. The normalized spacial score (nSPS) is 11.5. The van der Waals surface area contributed by atoms with Crippen LogP contribution in [-0.4, -0.2) is 4.98 Å². The van der Waals surface area contributed by atoms with Crippen LogP contribution in [0, 0.1) is 0 Å². The monoisotopic (exact) mass is 421 g/mol. The maximum Gasteiger partial charge on any atom is 0.211 e. The summed E-state index contributed by atoms with van der Waals surface area (Å²) >= 11 is 0. The van der Waals surface area contributed by atoms with E-state index in [0.29, 0.717) is 0 Å². The molecule has 4 aromatic rings. The molecule has 0 unspecified atom stereocenters. The highest BCUT2D eigenvalue weighted by atomic mass is 14.7. The minimum atomic E-state index is -0.216. The van der Waals surface area contributed by atoms with Crippen molar-refractivity contribution < 1.29 is 4.98 Å². The van der Waals surface area contributed by atoms with Crippen molar-refractivity contribution in [2.45, 2.75) is 52.4 Å². The zero-order valence-corrected chi connectivity index (χ0v) is 19.7. The minimum Gasteiger partial charge on any atom is -0.252 e. The average molecular weight is 422 g/mol. The third-order valence-corrected chi connectivity index (χ3v) is 6.40. The summed E-state index contributed by atoms with van der Waals surface area (Å²) < 4.78 is 0. The summed E-state index contributed by atoms with van der Waals surface area (Å²) in [7, 11) is 0. The van der Waals surface area contributed by atoms with Crippen LogP contribution >= 0.6 is 0 Å². The molecule has 2 heteroatoms. The average Bonchev–Trinajstić information content (AvgIpc) is 2.84. The highest BCUT2D eigenvalue weighted by Gasteiger charge is 2.29. The Morgan fingerprint density at radius 2 is 1.53 bits per heavy atom. The van der Waals surface area contributed by atoms with Gasteiger partial charge in [-0.2, -0.15) is 0 Å².